The fourth-order valence-electron chi connectivity index (χ4n) is 0.894. The number of nitrogens with zero attached hydrogens (tertiary/aromatic N) is 1. The number of urea groups is 1. The van der Waals surface area contributed by atoms with E-state index in [1.54, 1.807) is 6.07 Å². The highest BCUT2D eigenvalue weighted by Gasteiger charge is 2.18. The van der Waals surface area contributed by atoms with Crippen LogP contribution < -0.4 is 10.6 Å². The van der Waals surface area contributed by atoms with Gasteiger partial charge in [-0.25, -0.2) is 9.59 Å². The van der Waals surface area contributed by atoms with Gasteiger partial charge in [0.2, 0.25) is 0 Å². The van der Waals surface area contributed by atoms with Crippen molar-refractivity contribution in [2.45, 2.75) is 12.6 Å². The molecule has 1 heterocycles. The summed E-state index contributed by atoms with van der Waals surface area (Å²) in [6.45, 7) is -0.563. The first-order chi connectivity index (χ1) is 7.63. The molecular formula is C8H11N3O5. The van der Waals surface area contributed by atoms with E-state index in [0.29, 0.717) is 5.69 Å². The Morgan fingerprint density at radius 2 is 2.31 bits per heavy atom. The molecule has 1 aromatic rings. The first kappa shape index (κ1) is 12.0. The summed E-state index contributed by atoms with van der Waals surface area (Å²) in [6, 6.07) is -0.470. The molecule has 0 fully saturated rings. The minimum atomic E-state index is -1.32. The number of nitrogens with one attached hydrogen (secondary N) is 2. The lowest BCUT2D eigenvalue weighted by Crippen LogP contribution is -2.47. The Bertz CT molecular complexity index is 351. The Kier molecular flexibility index (Phi) is 4.28. The summed E-state index contributed by atoms with van der Waals surface area (Å²) in [7, 11) is 0. The van der Waals surface area contributed by atoms with Crippen LogP contribution in [0.5, 0.6) is 0 Å². The SMILES string of the molecule is O=C(NCc1ccon1)N[C@@H](CO)C(=O)O. The van der Waals surface area contributed by atoms with E-state index in [9.17, 15) is 9.59 Å². The molecule has 4 N–H and O–H groups in total. The topological polar surface area (TPSA) is 125 Å². The quantitative estimate of drug-likeness (QED) is 0.509. The summed E-state index contributed by atoms with van der Waals surface area (Å²) in [5.41, 5.74) is 0.506. The summed E-state index contributed by atoms with van der Waals surface area (Å²) in [5.74, 6) is -1.31. The number of carboxylic acids is 1. The fourth-order valence-corrected chi connectivity index (χ4v) is 0.894. The lowest BCUT2D eigenvalue weighted by Gasteiger charge is -2.11. The molecule has 0 saturated carbocycles. The Balaban J connectivity index is 2.33. The summed E-state index contributed by atoms with van der Waals surface area (Å²) in [6.07, 6.45) is 1.35. The largest absolute Gasteiger partial charge is 0.480 e. The van der Waals surface area contributed by atoms with Crippen LogP contribution in [0.15, 0.2) is 16.9 Å². The summed E-state index contributed by atoms with van der Waals surface area (Å²) < 4.78 is 4.53. The van der Waals surface area contributed by atoms with Gasteiger partial charge in [0, 0.05) is 6.07 Å². The van der Waals surface area contributed by atoms with E-state index in [1.807, 2.05) is 0 Å². The molecule has 8 nitrogen and oxygen atoms in total. The van der Waals surface area contributed by atoms with Crippen LogP contribution in [0.3, 0.4) is 0 Å². The van der Waals surface area contributed by atoms with E-state index in [-0.39, 0.29) is 6.54 Å². The van der Waals surface area contributed by atoms with E-state index in [2.05, 4.69) is 20.3 Å². The molecule has 88 valence electrons. The van der Waals surface area contributed by atoms with Crippen LogP contribution in [0.25, 0.3) is 0 Å². The second kappa shape index (κ2) is 5.71. The van der Waals surface area contributed by atoms with Crippen LogP contribution in [0, 0.1) is 0 Å². The van der Waals surface area contributed by atoms with Crippen molar-refractivity contribution in [3.05, 3.63) is 18.0 Å². The smallest absolute Gasteiger partial charge is 0.328 e. The van der Waals surface area contributed by atoms with Crippen molar-refractivity contribution in [3.63, 3.8) is 0 Å². The van der Waals surface area contributed by atoms with Crippen LogP contribution in [-0.2, 0) is 11.3 Å². The van der Waals surface area contributed by atoms with Crippen molar-refractivity contribution in [3.8, 4) is 0 Å². The number of hydrogen-bond acceptors (Lipinski definition) is 5. The summed E-state index contributed by atoms with van der Waals surface area (Å²) >= 11 is 0. The molecule has 0 bridgehead atoms. The number of aliphatic carboxylic acids is 1. The summed E-state index contributed by atoms with van der Waals surface area (Å²) in [5, 5.41) is 25.2. The molecule has 1 rings (SSSR count). The number of hydrogen-bond donors (Lipinski definition) is 4. The number of carbonyl (C=O) groups excluding carboxylic acids is 1. The third-order valence-electron chi connectivity index (χ3n) is 1.71. The highest BCUT2D eigenvalue weighted by Crippen LogP contribution is 1.92. The third kappa shape index (κ3) is 3.58. The van der Waals surface area contributed by atoms with Gasteiger partial charge in [0.15, 0.2) is 6.04 Å². The Morgan fingerprint density at radius 1 is 1.56 bits per heavy atom. The van der Waals surface area contributed by atoms with Gasteiger partial charge in [-0.3, -0.25) is 0 Å². The molecular weight excluding hydrogens is 218 g/mol. The Labute approximate surface area is 90.2 Å². The van der Waals surface area contributed by atoms with E-state index < -0.39 is 24.6 Å². The predicted octanol–water partition coefficient (Wildman–Crippen LogP) is -1.08. The predicted molar refractivity (Wildman–Crippen MR) is 50.4 cm³/mol. The lowest BCUT2D eigenvalue weighted by molar-refractivity contribution is -0.140. The van der Waals surface area contributed by atoms with E-state index in [1.165, 1.54) is 6.26 Å². The third-order valence-corrected chi connectivity index (χ3v) is 1.71. The minimum absolute atomic E-state index is 0.111. The average molecular weight is 229 g/mol. The zero-order valence-corrected chi connectivity index (χ0v) is 8.21. The summed E-state index contributed by atoms with van der Waals surface area (Å²) in [4.78, 5) is 21.6. The van der Waals surface area contributed by atoms with Gasteiger partial charge < -0.3 is 25.4 Å². The number of rotatable bonds is 5. The standard InChI is InChI=1S/C8H11N3O5/c12-4-6(7(13)14)10-8(15)9-3-5-1-2-16-11-5/h1-2,6,12H,3-4H2,(H,13,14)(H2,9,10,15)/t6-/m0/s1. The molecule has 0 saturated heterocycles. The monoisotopic (exact) mass is 229 g/mol. The van der Waals surface area contributed by atoms with Gasteiger partial charge in [-0.05, 0) is 0 Å². The maximum absolute atomic E-state index is 11.2. The van der Waals surface area contributed by atoms with Gasteiger partial charge in [-0.2, -0.15) is 0 Å². The molecule has 1 aromatic heterocycles. The molecule has 0 aromatic carbocycles. The molecule has 8 heteroatoms. The van der Waals surface area contributed by atoms with Gasteiger partial charge in [0.1, 0.15) is 12.0 Å². The number of carbonyl (C=O) groups is 2. The maximum Gasteiger partial charge on any atom is 0.328 e. The van der Waals surface area contributed by atoms with Gasteiger partial charge in [-0.15, -0.1) is 0 Å². The van der Waals surface area contributed by atoms with Gasteiger partial charge in [0.25, 0.3) is 0 Å². The van der Waals surface area contributed by atoms with Crippen molar-refractivity contribution in [1.29, 1.82) is 0 Å². The fraction of sp³-hybridized carbons (Fsp3) is 0.375. The number of amides is 2. The molecule has 16 heavy (non-hydrogen) atoms. The van der Waals surface area contributed by atoms with Crippen molar-refractivity contribution in [1.82, 2.24) is 15.8 Å². The highest BCUT2D eigenvalue weighted by atomic mass is 16.5. The van der Waals surface area contributed by atoms with Crippen molar-refractivity contribution >= 4 is 12.0 Å². The first-order valence-corrected chi connectivity index (χ1v) is 4.40. The minimum Gasteiger partial charge on any atom is -0.480 e. The van der Waals surface area contributed by atoms with E-state index in [4.69, 9.17) is 10.2 Å². The van der Waals surface area contributed by atoms with Gasteiger partial charge in [-0.1, -0.05) is 5.16 Å². The van der Waals surface area contributed by atoms with Crippen LogP contribution in [0.4, 0.5) is 4.79 Å². The first-order valence-electron chi connectivity index (χ1n) is 4.40. The van der Waals surface area contributed by atoms with Gasteiger partial charge >= 0.3 is 12.0 Å². The average Bonchev–Trinajstić information content (AvgIpc) is 2.75. The highest BCUT2D eigenvalue weighted by molar-refractivity contribution is 5.82. The zero-order chi connectivity index (χ0) is 12.0. The number of aliphatic hydroxyl groups excluding tert-OH is 1. The van der Waals surface area contributed by atoms with Crippen molar-refractivity contribution in [2.75, 3.05) is 6.61 Å². The molecule has 0 aliphatic rings. The van der Waals surface area contributed by atoms with Crippen molar-refractivity contribution in [2.24, 2.45) is 0 Å². The van der Waals surface area contributed by atoms with Crippen molar-refractivity contribution < 1.29 is 24.3 Å². The number of carboxylic acid groups (broad SMARTS) is 1. The van der Waals surface area contributed by atoms with Crippen LogP contribution in [0.1, 0.15) is 5.69 Å². The Morgan fingerprint density at radius 3 is 2.81 bits per heavy atom. The maximum atomic E-state index is 11.2. The molecule has 1 atom stereocenters. The zero-order valence-electron chi connectivity index (χ0n) is 8.21. The second-order valence-electron chi connectivity index (χ2n) is 2.89. The molecule has 0 unspecified atom stereocenters. The molecule has 0 aliphatic heterocycles. The van der Waals surface area contributed by atoms with Crippen LogP contribution >= 0.6 is 0 Å². The van der Waals surface area contributed by atoms with E-state index >= 15 is 0 Å². The molecule has 0 aliphatic carbocycles. The Hall–Kier alpha value is -2.09. The normalized spacial score (nSPS) is 11.8. The number of aliphatic hydroxyl groups is 1. The van der Waals surface area contributed by atoms with Gasteiger partial charge in [0.05, 0.1) is 13.2 Å². The molecule has 2 amide bonds. The van der Waals surface area contributed by atoms with E-state index in [0.717, 1.165) is 0 Å². The molecule has 0 spiro atoms. The van der Waals surface area contributed by atoms with Crippen LogP contribution in [-0.4, -0.2) is 40.0 Å². The van der Waals surface area contributed by atoms with Crippen LogP contribution in [0.2, 0.25) is 0 Å². The molecule has 0 radical (unpaired) electrons. The lowest BCUT2D eigenvalue weighted by atomic mass is 10.3. The number of aromatic nitrogens is 1. The second-order valence-corrected chi connectivity index (χ2v) is 2.89.